The SMILES string of the molecule is CCOC(=O)C1=C(C)N=c2s/c(=C/c3c(OC(C)C)ccc4ccccc34)c(=O)n2[C@H]1c1cc(OC)c(OCC)cc1Br. The van der Waals surface area contributed by atoms with Crippen LogP contribution in [0.2, 0.25) is 0 Å². The van der Waals surface area contributed by atoms with Crippen molar-refractivity contribution in [3.8, 4) is 17.2 Å². The van der Waals surface area contributed by atoms with Gasteiger partial charge in [0.25, 0.3) is 5.56 Å². The summed E-state index contributed by atoms with van der Waals surface area (Å²) in [5.41, 5.74) is 1.91. The Morgan fingerprint density at radius 2 is 1.86 bits per heavy atom. The number of methoxy groups -OCH3 is 1. The molecule has 0 radical (unpaired) electrons. The van der Waals surface area contributed by atoms with Crippen molar-refractivity contribution in [3.05, 3.63) is 95.1 Å². The van der Waals surface area contributed by atoms with Gasteiger partial charge in [-0.25, -0.2) is 9.79 Å². The van der Waals surface area contributed by atoms with E-state index in [9.17, 15) is 9.59 Å². The molecule has 10 heteroatoms. The molecule has 43 heavy (non-hydrogen) atoms. The smallest absolute Gasteiger partial charge is 0.338 e. The van der Waals surface area contributed by atoms with E-state index in [1.165, 1.54) is 11.3 Å². The molecular weight excluding hydrogens is 632 g/mol. The van der Waals surface area contributed by atoms with E-state index in [4.69, 9.17) is 23.9 Å². The third-order valence-corrected chi connectivity index (χ3v) is 8.63. The third-order valence-electron chi connectivity index (χ3n) is 6.96. The second kappa shape index (κ2) is 12.8. The van der Waals surface area contributed by atoms with Gasteiger partial charge in [-0.3, -0.25) is 9.36 Å². The molecule has 8 nitrogen and oxygen atoms in total. The van der Waals surface area contributed by atoms with E-state index in [0.717, 1.165) is 16.3 Å². The lowest BCUT2D eigenvalue weighted by atomic mass is 9.95. The molecule has 1 atom stereocenters. The lowest BCUT2D eigenvalue weighted by Crippen LogP contribution is -2.40. The van der Waals surface area contributed by atoms with Gasteiger partial charge in [-0.2, -0.15) is 0 Å². The Bertz CT molecular complexity index is 1920. The molecule has 0 fully saturated rings. The van der Waals surface area contributed by atoms with Crippen LogP contribution in [0.15, 0.2) is 74.1 Å². The van der Waals surface area contributed by atoms with Gasteiger partial charge < -0.3 is 18.9 Å². The Labute approximate surface area is 262 Å². The summed E-state index contributed by atoms with van der Waals surface area (Å²) in [4.78, 5) is 32.9. The van der Waals surface area contributed by atoms with Gasteiger partial charge in [-0.05, 0) is 75.2 Å². The van der Waals surface area contributed by atoms with Gasteiger partial charge in [-0.15, -0.1) is 0 Å². The minimum atomic E-state index is -0.824. The zero-order chi connectivity index (χ0) is 30.8. The maximum atomic E-state index is 14.3. The number of thiazole rings is 1. The van der Waals surface area contributed by atoms with E-state index in [2.05, 4.69) is 15.9 Å². The number of carbonyl (C=O) groups excluding carboxylic acids is 1. The van der Waals surface area contributed by atoms with Crippen molar-refractivity contribution < 1.29 is 23.7 Å². The zero-order valence-electron chi connectivity index (χ0n) is 24.9. The monoisotopic (exact) mass is 664 g/mol. The van der Waals surface area contributed by atoms with Gasteiger partial charge in [0.05, 0.1) is 48.3 Å². The number of carbonyl (C=O) groups is 1. The average molecular weight is 666 g/mol. The molecule has 0 N–H and O–H groups in total. The van der Waals surface area contributed by atoms with Gasteiger partial charge in [0.15, 0.2) is 16.3 Å². The molecule has 1 aliphatic heterocycles. The minimum Gasteiger partial charge on any atom is -0.493 e. The number of esters is 1. The Balaban J connectivity index is 1.80. The van der Waals surface area contributed by atoms with Gasteiger partial charge in [-0.1, -0.05) is 57.6 Å². The van der Waals surface area contributed by atoms with Crippen LogP contribution in [0.4, 0.5) is 0 Å². The molecule has 0 amide bonds. The number of allylic oxidation sites excluding steroid dienone is 1. The molecule has 0 saturated carbocycles. The van der Waals surface area contributed by atoms with Crippen molar-refractivity contribution in [3.63, 3.8) is 0 Å². The van der Waals surface area contributed by atoms with E-state index in [1.54, 1.807) is 37.7 Å². The molecule has 224 valence electrons. The van der Waals surface area contributed by atoms with Crippen molar-refractivity contribution >= 4 is 50.1 Å². The minimum absolute atomic E-state index is 0.0590. The Kier molecular flexibility index (Phi) is 9.08. The first-order valence-electron chi connectivity index (χ1n) is 14.1. The fraction of sp³-hybridized carbons (Fsp3) is 0.303. The molecule has 3 aromatic carbocycles. The topological polar surface area (TPSA) is 88.4 Å². The summed E-state index contributed by atoms with van der Waals surface area (Å²) < 4.78 is 25.7. The quantitative estimate of drug-likeness (QED) is 0.207. The van der Waals surface area contributed by atoms with Crippen molar-refractivity contribution in [2.45, 2.75) is 46.8 Å². The Hall–Kier alpha value is -3.89. The van der Waals surface area contributed by atoms with Crippen LogP contribution in [-0.2, 0) is 9.53 Å². The van der Waals surface area contributed by atoms with E-state index in [1.807, 2.05) is 63.2 Å². The van der Waals surface area contributed by atoms with E-state index in [0.29, 0.717) is 48.9 Å². The van der Waals surface area contributed by atoms with Crippen LogP contribution < -0.4 is 29.1 Å². The molecule has 4 aromatic rings. The fourth-order valence-corrected chi connectivity index (χ4v) is 6.75. The van der Waals surface area contributed by atoms with Crippen LogP contribution >= 0.6 is 27.3 Å². The molecule has 2 heterocycles. The molecule has 1 aromatic heterocycles. The van der Waals surface area contributed by atoms with Crippen LogP contribution in [0.5, 0.6) is 17.2 Å². The summed E-state index contributed by atoms with van der Waals surface area (Å²) in [6, 6.07) is 14.7. The third kappa shape index (κ3) is 5.86. The van der Waals surface area contributed by atoms with Gasteiger partial charge in [0, 0.05) is 10.0 Å². The van der Waals surface area contributed by atoms with E-state index < -0.39 is 12.0 Å². The zero-order valence-corrected chi connectivity index (χ0v) is 27.3. The number of aromatic nitrogens is 1. The summed E-state index contributed by atoms with van der Waals surface area (Å²) in [5.74, 6) is 1.16. The molecule has 0 unspecified atom stereocenters. The van der Waals surface area contributed by atoms with Gasteiger partial charge in [0.2, 0.25) is 0 Å². The largest absolute Gasteiger partial charge is 0.493 e. The fourth-order valence-electron chi connectivity index (χ4n) is 5.19. The summed E-state index contributed by atoms with van der Waals surface area (Å²) >= 11 is 4.94. The van der Waals surface area contributed by atoms with Crippen LogP contribution in [0, 0.1) is 0 Å². The highest BCUT2D eigenvalue weighted by Gasteiger charge is 2.35. The highest BCUT2D eigenvalue weighted by atomic mass is 79.9. The number of ether oxygens (including phenoxy) is 4. The van der Waals surface area contributed by atoms with Crippen LogP contribution in [0.3, 0.4) is 0 Å². The number of fused-ring (bicyclic) bond motifs is 2. The predicted octanol–water partition coefficient (Wildman–Crippen LogP) is 5.91. The van der Waals surface area contributed by atoms with Crippen molar-refractivity contribution in [2.75, 3.05) is 20.3 Å². The molecular formula is C33H33BrN2O6S. The van der Waals surface area contributed by atoms with Crippen molar-refractivity contribution in [1.29, 1.82) is 0 Å². The van der Waals surface area contributed by atoms with Crippen LogP contribution in [0.25, 0.3) is 16.8 Å². The Morgan fingerprint density at radius 1 is 1.09 bits per heavy atom. The molecule has 5 rings (SSSR count). The second-order valence-electron chi connectivity index (χ2n) is 10.1. The first-order valence-corrected chi connectivity index (χ1v) is 15.7. The van der Waals surface area contributed by atoms with Gasteiger partial charge >= 0.3 is 5.97 Å². The highest BCUT2D eigenvalue weighted by Crippen LogP contribution is 2.41. The van der Waals surface area contributed by atoms with Crippen LogP contribution in [0.1, 0.15) is 51.8 Å². The first-order chi connectivity index (χ1) is 20.7. The number of nitrogens with zero attached hydrogens (tertiary/aromatic N) is 2. The first kappa shape index (κ1) is 30.6. The van der Waals surface area contributed by atoms with Crippen molar-refractivity contribution in [2.24, 2.45) is 4.99 Å². The lowest BCUT2D eigenvalue weighted by molar-refractivity contribution is -0.139. The average Bonchev–Trinajstić information content (AvgIpc) is 3.27. The summed E-state index contributed by atoms with van der Waals surface area (Å²) in [6.07, 6.45) is 1.80. The van der Waals surface area contributed by atoms with Crippen molar-refractivity contribution in [1.82, 2.24) is 4.57 Å². The molecule has 0 aliphatic carbocycles. The maximum Gasteiger partial charge on any atom is 0.338 e. The van der Waals surface area contributed by atoms with Crippen LogP contribution in [-0.4, -0.2) is 37.0 Å². The van der Waals surface area contributed by atoms with E-state index in [-0.39, 0.29) is 23.8 Å². The molecule has 0 saturated heterocycles. The number of benzene rings is 3. The number of hydrogen-bond donors (Lipinski definition) is 0. The van der Waals surface area contributed by atoms with Gasteiger partial charge in [0.1, 0.15) is 5.75 Å². The normalized spacial score (nSPS) is 15.0. The number of rotatable bonds is 9. The molecule has 0 spiro atoms. The second-order valence-corrected chi connectivity index (χ2v) is 12.0. The maximum absolute atomic E-state index is 14.3. The number of hydrogen-bond acceptors (Lipinski definition) is 8. The molecule has 0 bridgehead atoms. The lowest BCUT2D eigenvalue weighted by Gasteiger charge is -2.26. The summed E-state index contributed by atoms with van der Waals surface area (Å²) in [6.45, 7) is 9.95. The van der Waals surface area contributed by atoms with E-state index >= 15 is 0 Å². The number of halogens is 1. The predicted molar refractivity (Wildman–Crippen MR) is 172 cm³/mol. The summed E-state index contributed by atoms with van der Waals surface area (Å²) in [7, 11) is 1.55. The molecule has 1 aliphatic rings. The standard InChI is InChI=1S/C33H33BrN2O6S/c1-7-40-27-17-24(34)23(15-26(27)39-6)30-29(32(38)41-8-2)19(5)35-33-36(30)31(37)28(43-33)16-22-21-12-10-9-11-20(21)13-14-25(22)42-18(3)4/h9-18,30H,7-8H2,1-6H3/b28-16+/t30-/m0/s1. The highest BCUT2D eigenvalue weighted by molar-refractivity contribution is 9.10. The summed E-state index contributed by atoms with van der Waals surface area (Å²) in [5, 5.41) is 1.99. The Morgan fingerprint density at radius 3 is 2.56 bits per heavy atom.